The van der Waals surface area contributed by atoms with Crippen molar-refractivity contribution in [2.75, 3.05) is 19.7 Å². The molecule has 5 heteroatoms. The topological polar surface area (TPSA) is 67.4 Å². The minimum absolute atomic E-state index is 0.0365. The molecule has 21 heavy (non-hydrogen) atoms. The fourth-order valence-corrected chi connectivity index (χ4v) is 2.07. The van der Waals surface area contributed by atoms with Gasteiger partial charge >= 0.3 is 5.97 Å². The predicted octanol–water partition coefficient (Wildman–Crippen LogP) is 1.72. The quantitative estimate of drug-likeness (QED) is 0.565. The van der Waals surface area contributed by atoms with Crippen molar-refractivity contribution < 1.29 is 14.3 Å². The smallest absolute Gasteiger partial charge is 0.307 e. The maximum atomic E-state index is 11.8. The highest BCUT2D eigenvalue weighted by molar-refractivity contribution is 5.78. The van der Waals surface area contributed by atoms with Crippen LogP contribution in [-0.4, -0.2) is 31.6 Å². The van der Waals surface area contributed by atoms with Crippen molar-refractivity contribution in [1.82, 2.24) is 10.6 Å². The summed E-state index contributed by atoms with van der Waals surface area (Å²) in [4.78, 5) is 22.9. The van der Waals surface area contributed by atoms with Gasteiger partial charge in [0.25, 0.3) is 0 Å². The lowest BCUT2D eigenvalue weighted by Gasteiger charge is -2.16. The zero-order chi connectivity index (χ0) is 15.7. The molecule has 0 radical (unpaired) electrons. The molecule has 0 bridgehead atoms. The van der Waals surface area contributed by atoms with Crippen LogP contribution >= 0.6 is 0 Å². The van der Waals surface area contributed by atoms with Gasteiger partial charge in [0.2, 0.25) is 5.91 Å². The third kappa shape index (κ3) is 6.40. The molecular formula is C16H24N2O3. The molecule has 0 saturated heterocycles. The van der Waals surface area contributed by atoms with Gasteiger partial charge in [0, 0.05) is 6.54 Å². The lowest BCUT2D eigenvalue weighted by Crippen LogP contribution is -2.36. The Bertz CT molecular complexity index is 474. The van der Waals surface area contributed by atoms with Crippen molar-refractivity contribution in [3.05, 3.63) is 35.4 Å². The Kier molecular flexibility index (Phi) is 7.46. The van der Waals surface area contributed by atoms with E-state index in [-0.39, 0.29) is 30.9 Å². The van der Waals surface area contributed by atoms with Crippen molar-refractivity contribution in [2.24, 2.45) is 0 Å². The molecule has 0 aromatic heterocycles. The SMILES string of the molecule is CCOC(=O)CCNCC(=O)NC(C)c1ccccc1C. The first-order chi connectivity index (χ1) is 10.0. The second kappa shape index (κ2) is 9.13. The summed E-state index contributed by atoms with van der Waals surface area (Å²) in [6.45, 7) is 6.76. The van der Waals surface area contributed by atoms with Crippen LogP contribution in [0.5, 0.6) is 0 Å². The second-order valence-electron chi connectivity index (χ2n) is 4.88. The van der Waals surface area contributed by atoms with Gasteiger partial charge in [0.15, 0.2) is 0 Å². The fraction of sp³-hybridized carbons (Fsp3) is 0.500. The molecule has 0 heterocycles. The van der Waals surface area contributed by atoms with E-state index in [1.165, 1.54) is 0 Å². The molecule has 1 amide bonds. The number of amides is 1. The molecule has 1 aromatic carbocycles. The molecule has 5 nitrogen and oxygen atoms in total. The number of hydrogen-bond acceptors (Lipinski definition) is 4. The molecule has 1 aromatic rings. The van der Waals surface area contributed by atoms with Crippen molar-refractivity contribution in [3.8, 4) is 0 Å². The number of esters is 1. The molecule has 0 aliphatic heterocycles. The van der Waals surface area contributed by atoms with Crippen LogP contribution in [0.1, 0.15) is 37.4 Å². The lowest BCUT2D eigenvalue weighted by molar-refractivity contribution is -0.143. The van der Waals surface area contributed by atoms with Gasteiger partial charge in [0.05, 0.1) is 25.6 Å². The number of benzene rings is 1. The number of carbonyl (C=O) groups excluding carboxylic acids is 2. The average Bonchev–Trinajstić information content (AvgIpc) is 2.44. The van der Waals surface area contributed by atoms with Crippen LogP contribution in [0.4, 0.5) is 0 Å². The van der Waals surface area contributed by atoms with E-state index in [9.17, 15) is 9.59 Å². The summed E-state index contributed by atoms with van der Waals surface area (Å²) in [7, 11) is 0. The van der Waals surface area contributed by atoms with E-state index in [0.717, 1.165) is 11.1 Å². The van der Waals surface area contributed by atoms with Gasteiger partial charge in [-0.25, -0.2) is 0 Å². The molecule has 0 saturated carbocycles. The largest absolute Gasteiger partial charge is 0.466 e. The van der Waals surface area contributed by atoms with Crippen LogP contribution in [0.15, 0.2) is 24.3 Å². The van der Waals surface area contributed by atoms with Crippen molar-refractivity contribution >= 4 is 11.9 Å². The van der Waals surface area contributed by atoms with Crippen LogP contribution in [0.25, 0.3) is 0 Å². The van der Waals surface area contributed by atoms with E-state index < -0.39 is 0 Å². The van der Waals surface area contributed by atoms with E-state index in [1.807, 2.05) is 38.1 Å². The van der Waals surface area contributed by atoms with E-state index in [4.69, 9.17) is 4.74 Å². The Morgan fingerprint density at radius 2 is 2.00 bits per heavy atom. The summed E-state index contributed by atoms with van der Waals surface area (Å²) in [5.41, 5.74) is 2.26. The number of nitrogens with one attached hydrogen (secondary N) is 2. The summed E-state index contributed by atoms with van der Waals surface area (Å²) in [6, 6.07) is 7.93. The third-order valence-corrected chi connectivity index (χ3v) is 3.13. The number of rotatable bonds is 8. The number of carbonyl (C=O) groups is 2. The van der Waals surface area contributed by atoms with Crippen LogP contribution in [0.2, 0.25) is 0 Å². The zero-order valence-corrected chi connectivity index (χ0v) is 12.9. The maximum absolute atomic E-state index is 11.8. The van der Waals surface area contributed by atoms with Crippen molar-refractivity contribution in [2.45, 2.75) is 33.2 Å². The molecule has 2 N–H and O–H groups in total. The second-order valence-corrected chi connectivity index (χ2v) is 4.88. The third-order valence-electron chi connectivity index (χ3n) is 3.13. The zero-order valence-electron chi connectivity index (χ0n) is 12.9. The van der Waals surface area contributed by atoms with Gasteiger partial charge in [-0.1, -0.05) is 24.3 Å². The van der Waals surface area contributed by atoms with Crippen LogP contribution in [-0.2, 0) is 14.3 Å². The van der Waals surface area contributed by atoms with E-state index in [2.05, 4.69) is 10.6 Å². The summed E-state index contributed by atoms with van der Waals surface area (Å²) < 4.78 is 4.80. The summed E-state index contributed by atoms with van der Waals surface area (Å²) in [5.74, 6) is -0.340. The van der Waals surface area contributed by atoms with Gasteiger partial charge in [-0.15, -0.1) is 0 Å². The van der Waals surface area contributed by atoms with Crippen molar-refractivity contribution in [3.63, 3.8) is 0 Å². The highest BCUT2D eigenvalue weighted by Crippen LogP contribution is 2.16. The lowest BCUT2D eigenvalue weighted by atomic mass is 10.0. The molecule has 0 spiro atoms. The molecule has 0 aliphatic rings. The monoisotopic (exact) mass is 292 g/mol. The molecule has 1 atom stereocenters. The Labute approximate surface area is 126 Å². The summed E-state index contributed by atoms with van der Waals surface area (Å²) in [6.07, 6.45) is 0.272. The van der Waals surface area contributed by atoms with Gasteiger partial charge in [-0.05, 0) is 31.9 Å². The van der Waals surface area contributed by atoms with E-state index in [1.54, 1.807) is 6.92 Å². The Morgan fingerprint density at radius 1 is 1.29 bits per heavy atom. The first-order valence-corrected chi connectivity index (χ1v) is 7.25. The number of aryl methyl sites for hydroxylation is 1. The van der Waals surface area contributed by atoms with E-state index in [0.29, 0.717) is 13.2 Å². The Hall–Kier alpha value is -1.88. The first-order valence-electron chi connectivity index (χ1n) is 7.25. The standard InChI is InChI=1S/C16H24N2O3/c1-4-21-16(20)9-10-17-11-15(19)18-13(3)14-8-6-5-7-12(14)2/h5-8,13,17H,4,9-11H2,1-3H3,(H,18,19). The highest BCUT2D eigenvalue weighted by Gasteiger charge is 2.11. The van der Waals surface area contributed by atoms with Gasteiger partial charge < -0.3 is 15.4 Å². The van der Waals surface area contributed by atoms with Crippen LogP contribution in [0.3, 0.4) is 0 Å². The number of hydrogen-bond donors (Lipinski definition) is 2. The van der Waals surface area contributed by atoms with Crippen LogP contribution < -0.4 is 10.6 Å². The maximum Gasteiger partial charge on any atom is 0.307 e. The van der Waals surface area contributed by atoms with Crippen LogP contribution in [0, 0.1) is 6.92 Å². The molecule has 0 aliphatic carbocycles. The Morgan fingerprint density at radius 3 is 2.67 bits per heavy atom. The van der Waals surface area contributed by atoms with Gasteiger partial charge in [-0.3, -0.25) is 9.59 Å². The molecular weight excluding hydrogens is 268 g/mol. The Balaban J connectivity index is 2.28. The summed E-state index contributed by atoms with van der Waals surface area (Å²) >= 11 is 0. The van der Waals surface area contributed by atoms with E-state index >= 15 is 0 Å². The number of ether oxygens (including phenoxy) is 1. The fourth-order valence-electron chi connectivity index (χ4n) is 2.07. The minimum atomic E-state index is -0.251. The molecule has 116 valence electrons. The summed E-state index contributed by atoms with van der Waals surface area (Å²) in [5, 5.41) is 5.87. The average molecular weight is 292 g/mol. The first kappa shape index (κ1) is 17.2. The molecule has 1 rings (SSSR count). The van der Waals surface area contributed by atoms with Crippen molar-refractivity contribution in [1.29, 1.82) is 0 Å². The minimum Gasteiger partial charge on any atom is -0.466 e. The van der Waals surface area contributed by atoms with Gasteiger partial charge in [-0.2, -0.15) is 0 Å². The molecule has 1 unspecified atom stereocenters. The predicted molar refractivity (Wildman–Crippen MR) is 81.9 cm³/mol. The normalized spacial score (nSPS) is 11.8. The highest BCUT2D eigenvalue weighted by atomic mass is 16.5. The molecule has 0 fully saturated rings. The van der Waals surface area contributed by atoms with Gasteiger partial charge in [0.1, 0.15) is 0 Å².